The van der Waals surface area contributed by atoms with E-state index in [9.17, 15) is 4.79 Å². The Labute approximate surface area is 85.8 Å². The summed E-state index contributed by atoms with van der Waals surface area (Å²) < 4.78 is 11.4. The van der Waals surface area contributed by atoms with Crippen molar-refractivity contribution in [3.05, 3.63) is 0 Å². The lowest BCUT2D eigenvalue weighted by Gasteiger charge is -2.42. The molecule has 3 nitrogen and oxygen atoms in total. The molecule has 0 amide bonds. The molecule has 1 aliphatic rings. The SMILES string of the molecule is CC(C)OC1(C)CCC(=O)C(C)(C)O1. The van der Waals surface area contributed by atoms with Gasteiger partial charge in [0.15, 0.2) is 11.6 Å². The molecule has 1 heterocycles. The molecule has 82 valence electrons. The summed E-state index contributed by atoms with van der Waals surface area (Å²) in [6.07, 6.45) is 1.30. The standard InChI is InChI=1S/C11H20O3/c1-8(2)13-11(5)7-6-9(12)10(3,4)14-11/h8H,6-7H2,1-5H3. The topological polar surface area (TPSA) is 35.5 Å². The molecule has 1 fully saturated rings. The zero-order chi connectivity index (χ0) is 11.0. The second-order valence-corrected chi connectivity index (χ2v) is 4.84. The summed E-state index contributed by atoms with van der Waals surface area (Å²) >= 11 is 0. The Balaban J connectivity index is 2.71. The first kappa shape index (κ1) is 11.7. The monoisotopic (exact) mass is 200 g/mol. The number of carbonyl (C=O) groups is 1. The summed E-state index contributed by atoms with van der Waals surface area (Å²) in [5.41, 5.74) is -0.706. The van der Waals surface area contributed by atoms with E-state index >= 15 is 0 Å². The normalized spacial score (nSPS) is 32.3. The van der Waals surface area contributed by atoms with E-state index < -0.39 is 11.4 Å². The highest BCUT2D eigenvalue weighted by Crippen LogP contribution is 2.34. The first-order chi connectivity index (χ1) is 6.25. The second-order valence-electron chi connectivity index (χ2n) is 4.84. The minimum absolute atomic E-state index is 0.115. The minimum Gasteiger partial charge on any atom is -0.348 e. The van der Waals surface area contributed by atoms with Crippen LogP contribution in [0.25, 0.3) is 0 Å². The molecule has 0 N–H and O–H groups in total. The number of ether oxygens (including phenoxy) is 2. The van der Waals surface area contributed by atoms with Gasteiger partial charge in [-0.2, -0.15) is 0 Å². The molecule has 1 unspecified atom stereocenters. The van der Waals surface area contributed by atoms with Gasteiger partial charge in [0.2, 0.25) is 0 Å². The zero-order valence-electron chi connectivity index (χ0n) is 9.72. The van der Waals surface area contributed by atoms with Gasteiger partial charge in [0.25, 0.3) is 0 Å². The Morgan fingerprint density at radius 1 is 1.36 bits per heavy atom. The summed E-state index contributed by atoms with van der Waals surface area (Å²) in [5, 5.41) is 0. The van der Waals surface area contributed by atoms with Gasteiger partial charge < -0.3 is 9.47 Å². The lowest BCUT2D eigenvalue weighted by molar-refractivity contribution is -0.292. The van der Waals surface area contributed by atoms with Crippen LogP contribution in [0.2, 0.25) is 0 Å². The van der Waals surface area contributed by atoms with Gasteiger partial charge in [-0.3, -0.25) is 4.79 Å². The van der Waals surface area contributed by atoms with Crippen LogP contribution in [0, 0.1) is 0 Å². The molecule has 3 heteroatoms. The van der Waals surface area contributed by atoms with E-state index in [1.54, 1.807) is 13.8 Å². The fourth-order valence-electron chi connectivity index (χ4n) is 1.87. The molecule has 0 aliphatic carbocycles. The largest absolute Gasteiger partial charge is 0.348 e. The third kappa shape index (κ3) is 2.55. The molecule has 1 atom stereocenters. The van der Waals surface area contributed by atoms with Crippen LogP contribution in [0.4, 0.5) is 0 Å². The van der Waals surface area contributed by atoms with Gasteiger partial charge in [0, 0.05) is 12.8 Å². The van der Waals surface area contributed by atoms with E-state index in [1.807, 2.05) is 20.8 Å². The highest BCUT2D eigenvalue weighted by atomic mass is 16.7. The number of rotatable bonds is 2. The Morgan fingerprint density at radius 2 is 1.93 bits per heavy atom. The van der Waals surface area contributed by atoms with Gasteiger partial charge in [-0.05, 0) is 34.6 Å². The van der Waals surface area contributed by atoms with Crippen LogP contribution < -0.4 is 0 Å². The number of carbonyl (C=O) groups excluding carboxylic acids is 1. The van der Waals surface area contributed by atoms with E-state index in [0.29, 0.717) is 12.8 Å². The van der Waals surface area contributed by atoms with E-state index in [2.05, 4.69) is 0 Å². The molecule has 0 aromatic carbocycles. The van der Waals surface area contributed by atoms with Crippen LogP contribution in [0.5, 0.6) is 0 Å². The molecule has 1 aliphatic heterocycles. The number of ketones is 1. The quantitative estimate of drug-likeness (QED) is 0.686. The summed E-state index contributed by atoms with van der Waals surface area (Å²) in [7, 11) is 0. The van der Waals surface area contributed by atoms with Crippen LogP contribution in [0.15, 0.2) is 0 Å². The van der Waals surface area contributed by atoms with Gasteiger partial charge in [-0.25, -0.2) is 0 Å². The van der Waals surface area contributed by atoms with Gasteiger partial charge >= 0.3 is 0 Å². The summed E-state index contributed by atoms with van der Waals surface area (Å²) in [6, 6.07) is 0. The van der Waals surface area contributed by atoms with Gasteiger partial charge in [0.05, 0.1) is 6.10 Å². The molecule has 0 bridgehead atoms. The first-order valence-corrected chi connectivity index (χ1v) is 5.16. The molecule has 14 heavy (non-hydrogen) atoms. The van der Waals surface area contributed by atoms with Crippen LogP contribution in [0.3, 0.4) is 0 Å². The maximum atomic E-state index is 11.5. The van der Waals surface area contributed by atoms with Crippen molar-refractivity contribution in [1.29, 1.82) is 0 Å². The molecule has 1 saturated heterocycles. The van der Waals surface area contributed by atoms with E-state index in [-0.39, 0.29) is 11.9 Å². The summed E-state index contributed by atoms with van der Waals surface area (Å²) in [6.45, 7) is 9.45. The molecule has 0 saturated carbocycles. The van der Waals surface area contributed by atoms with Gasteiger partial charge in [0.1, 0.15) is 5.60 Å². The van der Waals surface area contributed by atoms with Crippen molar-refractivity contribution in [1.82, 2.24) is 0 Å². The highest BCUT2D eigenvalue weighted by molar-refractivity contribution is 5.87. The number of Topliss-reactive ketones (excluding diaryl/α,β-unsaturated/α-hetero) is 1. The fourth-order valence-corrected chi connectivity index (χ4v) is 1.87. The lowest BCUT2D eigenvalue weighted by atomic mass is 9.92. The van der Waals surface area contributed by atoms with Crippen LogP contribution >= 0.6 is 0 Å². The Hall–Kier alpha value is -0.410. The third-order valence-corrected chi connectivity index (χ3v) is 2.43. The minimum atomic E-state index is -0.706. The van der Waals surface area contributed by atoms with Crippen molar-refractivity contribution in [2.75, 3.05) is 0 Å². The predicted molar refractivity (Wildman–Crippen MR) is 54.0 cm³/mol. The maximum Gasteiger partial charge on any atom is 0.167 e. The molecule has 0 radical (unpaired) electrons. The Kier molecular flexibility index (Phi) is 3.02. The first-order valence-electron chi connectivity index (χ1n) is 5.16. The zero-order valence-corrected chi connectivity index (χ0v) is 9.72. The number of hydrogen-bond acceptors (Lipinski definition) is 3. The van der Waals surface area contributed by atoms with Crippen molar-refractivity contribution in [3.8, 4) is 0 Å². The van der Waals surface area contributed by atoms with Crippen molar-refractivity contribution in [3.63, 3.8) is 0 Å². The van der Waals surface area contributed by atoms with Crippen molar-refractivity contribution in [2.45, 2.75) is 65.0 Å². The maximum absolute atomic E-state index is 11.5. The van der Waals surface area contributed by atoms with E-state index in [4.69, 9.17) is 9.47 Å². The molecule has 0 aromatic heterocycles. The third-order valence-electron chi connectivity index (χ3n) is 2.43. The lowest BCUT2D eigenvalue weighted by Crippen LogP contribution is -2.51. The second kappa shape index (κ2) is 3.63. The van der Waals surface area contributed by atoms with Crippen molar-refractivity contribution >= 4 is 5.78 Å². The Bertz CT molecular complexity index is 233. The summed E-state index contributed by atoms with van der Waals surface area (Å²) in [4.78, 5) is 11.5. The smallest absolute Gasteiger partial charge is 0.167 e. The van der Waals surface area contributed by atoms with Gasteiger partial charge in [-0.15, -0.1) is 0 Å². The van der Waals surface area contributed by atoms with Crippen molar-refractivity contribution < 1.29 is 14.3 Å². The van der Waals surface area contributed by atoms with E-state index in [0.717, 1.165) is 0 Å². The Morgan fingerprint density at radius 3 is 2.36 bits per heavy atom. The highest BCUT2D eigenvalue weighted by Gasteiger charge is 2.43. The fraction of sp³-hybridized carbons (Fsp3) is 0.909. The number of hydrogen-bond donors (Lipinski definition) is 0. The van der Waals surface area contributed by atoms with E-state index in [1.165, 1.54) is 0 Å². The van der Waals surface area contributed by atoms with Gasteiger partial charge in [-0.1, -0.05) is 0 Å². The van der Waals surface area contributed by atoms with Crippen molar-refractivity contribution in [2.24, 2.45) is 0 Å². The average molecular weight is 200 g/mol. The average Bonchev–Trinajstić information content (AvgIpc) is 1.95. The molecule has 1 rings (SSSR count). The molecule has 0 spiro atoms. The predicted octanol–water partition coefficient (Wildman–Crippen LogP) is 2.29. The van der Waals surface area contributed by atoms with Crippen LogP contribution in [-0.2, 0) is 14.3 Å². The summed E-state index contributed by atoms with van der Waals surface area (Å²) in [5.74, 6) is -0.451. The van der Waals surface area contributed by atoms with Crippen LogP contribution in [0.1, 0.15) is 47.5 Å². The molecular weight excluding hydrogens is 180 g/mol. The molecule has 0 aromatic rings. The molecular formula is C11H20O3. The van der Waals surface area contributed by atoms with Crippen LogP contribution in [-0.4, -0.2) is 23.3 Å².